The lowest BCUT2D eigenvalue weighted by atomic mass is 10.3. The maximum atomic E-state index is 14.2. The van der Waals surface area contributed by atoms with Crippen molar-refractivity contribution < 1.29 is 4.39 Å². The minimum Gasteiger partial charge on any atom is -0.360 e. The Hall–Kier alpha value is -2.50. The fraction of sp³-hybridized carbons (Fsp3) is 0.353. The van der Waals surface area contributed by atoms with Gasteiger partial charge in [-0.1, -0.05) is 19.1 Å². The van der Waals surface area contributed by atoms with Gasteiger partial charge in [0, 0.05) is 6.04 Å². The Morgan fingerprint density at radius 2 is 2.09 bits per heavy atom. The Morgan fingerprint density at radius 3 is 2.87 bits per heavy atom. The average Bonchev–Trinajstić information content (AvgIpc) is 3.34. The van der Waals surface area contributed by atoms with Crippen LogP contribution in [0.25, 0.3) is 11.0 Å². The summed E-state index contributed by atoms with van der Waals surface area (Å²) < 4.78 is 16.5. The van der Waals surface area contributed by atoms with E-state index >= 15 is 0 Å². The smallest absolute Gasteiger partial charge is 0.186 e. The lowest BCUT2D eigenvalue weighted by Gasteiger charge is -2.10. The van der Waals surface area contributed by atoms with Crippen LogP contribution in [-0.2, 0) is 13.0 Å². The van der Waals surface area contributed by atoms with E-state index in [1.54, 1.807) is 0 Å². The molecule has 1 saturated carbocycles. The molecule has 0 radical (unpaired) electrons. The van der Waals surface area contributed by atoms with Crippen molar-refractivity contribution in [2.75, 3.05) is 5.32 Å². The third kappa shape index (κ3) is 2.54. The molecule has 4 rings (SSSR count). The summed E-state index contributed by atoms with van der Waals surface area (Å²) in [6.45, 7) is 2.32. The summed E-state index contributed by atoms with van der Waals surface area (Å²) in [5.41, 5.74) is 2.55. The fourth-order valence-electron chi connectivity index (χ4n) is 2.90. The van der Waals surface area contributed by atoms with E-state index in [0.29, 0.717) is 24.7 Å². The second-order valence-electron chi connectivity index (χ2n) is 5.81. The van der Waals surface area contributed by atoms with E-state index in [-0.39, 0.29) is 11.6 Å². The molecule has 0 spiro atoms. The van der Waals surface area contributed by atoms with Crippen LogP contribution < -0.4 is 5.32 Å². The van der Waals surface area contributed by atoms with E-state index in [1.807, 2.05) is 25.1 Å². The van der Waals surface area contributed by atoms with Gasteiger partial charge in [0.2, 0.25) is 0 Å². The third-order valence-electron chi connectivity index (χ3n) is 4.19. The van der Waals surface area contributed by atoms with Crippen molar-refractivity contribution in [2.45, 2.75) is 38.8 Å². The Kier molecular flexibility index (Phi) is 3.44. The number of hydrogen-bond acceptors (Lipinski definition) is 4. The zero-order chi connectivity index (χ0) is 15.8. The molecule has 1 aromatic carbocycles. The predicted octanol–water partition coefficient (Wildman–Crippen LogP) is 3.47. The predicted molar refractivity (Wildman–Crippen MR) is 86.7 cm³/mol. The highest BCUT2D eigenvalue weighted by Crippen LogP contribution is 2.38. The van der Waals surface area contributed by atoms with Crippen LogP contribution >= 0.6 is 0 Å². The molecule has 1 fully saturated rings. The Morgan fingerprint density at radius 1 is 1.26 bits per heavy atom. The number of aryl methyl sites for hydroxylation is 1. The van der Waals surface area contributed by atoms with Crippen molar-refractivity contribution >= 4 is 16.9 Å². The number of fused-ring (bicyclic) bond motifs is 1. The van der Waals surface area contributed by atoms with Crippen LogP contribution in [0.2, 0.25) is 0 Å². The molecule has 5 nitrogen and oxygen atoms in total. The number of nitrogens with zero attached hydrogens (tertiary/aromatic N) is 4. The highest BCUT2D eigenvalue weighted by atomic mass is 19.1. The van der Waals surface area contributed by atoms with E-state index in [2.05, 4.69) is 25.9 Å². The molecular weight excluding hydrogens is 293 g/mol. The zero-order valence-electron chi connectivity index (χ0n) is 13.0. The number of benzene rings is 1. The summed E-state index contributed by atoms with van der Waals surface area (Å²) >= 11 is 0. The largest absolute Gasteiger partial charge is 0.360 e. The molecule has 23 heavy (non-hydrogen) atoms. The van der Waals surface area contributed by atoms with E-state index in [4.69, 9.17) is 4.98 Å². The Labute approximate surface area is 133 Å². The summed E-state index contributed by atoms with van der Waals surface area (Å²) in [6.07, 6.45) is 4.29. The quantitative estimate of drug-likeness (QED) is 0.784. The number of imidazole rings is 1. The van der Waals surface area contributed by atoms with Gasteiger partial charge < -0.3 is 9.88 Å². The molecule has 2 heterocycles. The average molecular weight is 311 g/mol. The molecule has 1 aliphatic rings. The molecule has 0 atom stereocenters. The molecule has 0 aliphatic heterocycles. The SMILES string of the molecule is CCc1ncnc(NCc2nc3ccccc3n2C2CC2)c1F. The van der Waals surface area contributed by atoms with Crippen molar-refractivity contribution in [1.29, 1.82) is 0 Å². The first-order valence-electron chi connectivity index (χ1n) is 7.97. The van der Waals surface area contributed by atoms with Crippen LogP contribution in [0.4, 0.5) is 10.2 Å². The van der Waals surface area contributed by atoms with Gasteiger partial charge in [0.05, 0.1) is 23.3 Å². The van der Waals surface area contributed by atoms with E-state index in [9.17, 15) is 4.39 Å². The minimum absolute atomic E-state index is 0.242. The number of hydrogen-bond donors (Lipinski definition) is 1. The first kappa shape index (κ1) is 14.1. The fourth-order valence-corrected chi connectivity index (χ4v) is 2.90. The maximum Gasteiger partial charge on any atom is 0.186 e. The van der Waals surface area contributed by atoms with Gasteiger partial charge in [0.25, 0.3) is 0 Å². The molecule has 6 heteroatoms. The standard InChI is InChI=1S/C17H18FN5/c1-2-12-16(18)17(21-10-20-12)19-9-15-22-13-5-3-4-6-14(13)23(15)11-7-8-11/h3-6,10-11H,2,7-9H2,1H3,(H,19,20,21). The summed E-state index contributed by atoms with van der Waals surface area (Å²) in [4.78, 5) is 12.7. The number of anilines is 1. The molecule has 0 saturated heterocycles. The van der Waals surface area contributed by atoms with Gasteiger partial charge >= 0.3 is 0 Å². The van der Waals surface area contributed by atoms with Gasteiger partial charge in [0.1, 0.15) is 12.2 Å². The molecule has 3 aromatic rings. The van der Waals surface area contributed by atoms with Crippen LogP contribution in [0.15, 0.2) is 30.6 Å². The van der Waals surface area contributed by atoms with Crippen molar-refractivity contribution in [1.82, 2.24) is 19.5 Å². The van der Waals surface area contributed by atoms with E-state index in [1.165, 1.54) is 19.2 Å². The molecule has 118 valence electrons. The van der Waals surface area contributed by atoms with Crippen molar-refractivity contribution in [3.63, 3.8) is 0 Å². The van der Waals surface area contributed by atoms with Crippen LogP contribution in [-0.4, -0.2) is 19.5 Å². The third-order valence-corrected chi connectivity index (χ3v) is 4.19. The molecule has 0 bridgehead atoms. The number of para-hydroxylation sites is 2. The van der Waals surface area contributed by atoms with E-state index in [0.717, 1.165) is 16.9 Å². The van der Waals surface area contributed by atoms with Crippen LogP contribution in [0.1, 0.15) is 37.3 Å². The van der Waals surface area contributed by atoms with E-state index < -0.39 is 0 Å². The summed E-state index contributed by atoms with van der Waals surface area (Å²) in [5, 5.41) is 3.08. The number of nitrogens with one attached hydrogen (secondary N) is 1. The van der Waals surface area contributed by atoms with Gasteiger partial charge in [-0.2, -0.15) is 0 Å². The summed E-state index contributed by atoms with van der Waals surface area (Å²) in [5.74, 6) is 0.792. The van der Waals surface area contributed by atoms with Gasteiger partial charge in [-0.15, -0.1) is 0 Å². The highest BCUT2D eigenvalue weighted by molar-refractivity contribution is 5.76. The van der Waals surface area contributed by atoms with Crippen molar-refractivity contribution in [3.05, 3.63) is 47.9 Å². The second-order valence-corrected chi connectivity index (χ2v) is 5.81. The molecular formula is C17H18FN5. The first-order chi connectivity index (χ1) is 11.3. The molecule has 0 unspecified atom stereocenters. The van der Waals surface area contributed by atoms with Gasteiger partial charge in [-0.3, -0.25) is 0 Å². The monoisotopic (exact) mass is 311 g/mol. The normalized spacial score (nSPS) is 14.3. The maximum absolute atomic E-state index is 14.2. The number of rotatable bonds is 5. The summed E-state index contributed by atoms with van der Waals surface area (Å²) in [7, 11) is 0. The lowest BCUT2D eigenvalue weighted by Crippen LogP contribution is -2.11. The minimum atomic E-state index is -0.371. The molecule has 1 N–H and O–H groups in total. The number of halogens is 1. The first-order valence-corrected chi connectivity index (χ1v) is 7.97. The Bertz CT molecular complexity index is 853. The number of aromatic nitrogens is 4. The van der Waals surface area contributed by atoms with Crippen molar-refractivity contribution in [2.24, 2.45) is 0 Å². The van der Waals surface area contributed by atoms with Crippen LogP contribution in [0, 0.1) is 5.82 Å². The van der Waals surface area contributed by atoms with Crippen LogP contribution in [0.3, 0.4) is 0 Å². The topological polar surface area (TPSA) is 55.6 Å². The van der Waals surface area contributed by atoms with Gasteiger partial charge in [-0.05, 0) is 31.4 Å². The van der Waals surface area contributed by atoms with Crippen LogP contribution in [0.5, 0.6) is 0 Å². The molecule has 1 aliphatic carbocycles. The highest BCUT2D eigenvalue weighted by Gasteiger charge is 2.28. The molecule has 0 amide bonds. The summed E-state index contributed by atoms with van der Waals surface area (Å²) in [6, 6.07) is 8.63. The van der Waals surface area contributed by atoms with Gasteiger partial charge in [-0.25, -0.2) is 19.3 Å². The lowest BCUT2D eigenvalue weighted by molar-refractivity contribution is 0.595. The molecule has 2 aromatic heterocycles. The zero-order valence-corrected chi connectivity index (χ0v) is 13.0. The van der Waals surface area contributed by atoms with Crippen molar-refractivity contribution in [3.8, 4) is 0 Å². The van der Waals surface area contributed by atoms with Gasteiger partial charge in [0.15, 0.2) is 11.6 Å². The second kappa shape index (κ2) is 5.61. The Balaban J connectivity index is 1.65.